The predicted molar refractivity (Wildman–Crippen MR) is 77.0 cm³/mol. The van der Waals surface area contributed by atoms with Crippen LogP contribution in [0.2, 0.25) is 0 Å². The van der Waals surface area contributed by atoms with Crippen molar-refractivity contribution in [2.45, 2.75) is 45.1 Å². The highest BCUT2D eigenvalue weighted by Gasteiger charge is 2.31. The molecule has 2 rings (SSSR count). The minimum Gasteiger partial charge on any atom is -0.341 e. The van der Waals surface area contributed by atoms with Gasteiger partial charge < -0.3 is 15.2 Å². The summed E-state index contributed by atoms with van der Waals surface area (Å²) in [5.41, 5.74) is 6.07. The van der Waals surface area contributed by atoms with E-state index in [0.29, 0.717) is 6.54 Å². The zero-order chi connectivity index (χ0) is 14.7. The normalized spacial score (nSPS) is 22.6. The summed E-state index contributed by atoms with van der Waals surface area (Å²) in [6.45, 7) is 5.61. The molecule has 6 nitrogen and oxygen atoms in total. The molecule has 1 fully saturated rings. The average molecular weight is 279 g/mol. The Morgan fingerprint density at radius 3 is 2.95 bits per heavy atom. The molecule has 0 aromatic carbocycles. The smallest absolute Gasteiger partial charge is 0.239 e. The Morgan fingerprint density at radius 1 is 1.60 bits per heavy atom. The topological polar surface area (TPSA) is 77.0 Å². The van der Waals surface area contributed by atoms with E-state index in [1.54, 1.807) is 6.33 Å². The summed E-state index contributed by atoms with van der Waals surface area (Å²) < 4.78 is 1.94. The second-order valence-corrected chi connectivity index (χ2v) is 5.83. The Morgan fingerprint density at radius 2 is 2.35 bits per heavy atom. The third-order valence-corrected chi connectivity index (χ3v) is 4.39. The molecular weight excluding hydrogens is 254 g/mol. The monoisotopic (exact) mass is 279 g/mol. The fourth-order valence-electron chi connectivity index (χ4n) is 2.76. The minimum absolute atomic E-state index is 0.0752. The fourth-order valence-corrected chi connectivity index (χ4v) is 2.76. The molecule has 0 radical (unpaired) electrons. The quantitative estimate of drug-likeness (QED) is 0.888. The highest BCUT2D eigenvalue weighted by molar-refractivity contribution is 5.82. The summed E-state index contributed by atoms with van der Waals surface area (Å²) in [5, 5.41) is 8.10. The van der Waals surface area contributed by atoms with E-state index in [0.717, 1.165) is 31.6 Å². The van der Waals surface area contributed by atoms with Crippen LogP contribution in [0.3, 0.4) is 0 Å². The number of hydrogen-bond acceptors (Lipinski definition) is 4. The first kappa shape index (κ1) is 15.0. The highest BCUT2D eigenvalue weighted by atomic mass is 16.2. The van der Waals surface area contributed by atoms with Crippen LogP contribution < -0.4 is 5.73 Å². The van der Waals surface area contributed by atoms with Gasteiger partial charge in [-0.05, 0) is 18.8 Å². The molecule has 3 atom stereocenters. The highest BCUT2D eigenvalue weighted by Crippen LogP contribution is 2.25. The molecule has 112 valence electrons. The molecule has 2 heterocycles. The maximum Gasteiger partial charge on any atom is 0.239 e. The number of aromatic nitrogens is 3. The lowest BCUT2D eigenvalue weighted by atomic mass is 9.94. The van der Waals surface area contributed by atoms with E-state index in [4.69, 9.17) is 5.73 Å². The number of hydrogen-bond donors (Lipinski definition) is 1. The summed E-state index contributed by atoms with van der Waals surface area (Å²) in [6, 6.07) is -0.391. The molecular formula is C14H25N5O. The number of piperidine rings is 1. The van der Waals surface area contributed by atoms with E-state index in [2.05, 4.69) is 17.1 Å². The lowest BCUT2D eigenvalue weighted by molar-refractivity contribution is -0.135. The van der Waals surface area contributed by atoms with E-state index in [1.165, 1.54) is 0 Å². The van der Waals surface area contributed by atoms with Crippen molar-refractivity contribution in [2.75, 3.05) is 13.1 Å². The Balaban J connectivity index is 2.04. The maximum atomic E-state index is 12.5. The molecule has 0 bridgehead atoms. The van der Waals surface area contributed by atoms with Crippen molar-refractivity contribution in [3.8, 4) is 0 Å². The number of likely N-dealkylation sites (tertiary alicyclic amines) is 1. The Bertz CT molecular complexity index is 458. The Hall–Kier alpha value is -1.43. The molecule has 0 aliphatic carbocycles. The Kier molecular flexibility index (Phi) is 4.75. The summed E-state index contributed by atoms with van der Waals surface area (Å²) in [7, 11) is 1.95. The van der Waals surface area contributed by atoms with Crippen LogP contribution in [0.15, 0.2) is 6.33 Å². The van der Waals surface area contributed by atoms with Gasteiger partial charge in [-0.15, -0.1) is 10.2 Å². The van der Waals surface area contributed by atoms with Crippen molar-refractivity contribution in [1.82, 2.24) is 19.7 Å². The van der Waals surface area contributed by atoms with Crippen LogP contribution in [0.25, 0.3) is 0 Å². The van der Waals surface area contributed by atoms with Crippen molar-refractivity contribution in [3.05, 3.63) is 12.2 Å². The molecule has 2 N–H and O–H groups in total. The summed E-state index contributed by atoms with van der Waals surface area (Å²) >= 11 is 0. The molecule has 6 heteroatoms. The lowest BCUT2D eigenvalue weighted by Crippen LogP contribution is -2.50. The number of carbonyl (C=O) groups excluding carboxylic acids is 1. The predicted octanol–water partition coefficient (Wildman–Crippen LogP) is 0.894. The summed E-state index contributed by atoms with van der Waals surface area (Å²) in [6.07, 6.45) is 4.68. The van der Waals surface area contributed by atoms with Gasteiger partial charge in [0.05, 0.1) is 6.04 Å². The van der Waals surface area contributed by atoms with Crippen molar-refractivity contribution < 1.29 is 4.79 Å². The first-order valence-corrected chi connectivity index (χ1v) is 7.42. The molecule has 1 aliphatic heterocycles. The lowest BCUT2D eigenvalue weighted by Gasteiger charge is -2.34. The molecule has 1 aliphatic rings. The van der Waals surface area contributed by atoms with Gasteiger partial charge in [-0.25, -0.2) is 0 Å². The molecule has 1 amide bonds. The number of aryl methyl sites for hydroxylation is 1. The van der Waals surface area contributed by atoms with Gasteiger partial charge in [-0.1, -0.05) is 20.3 Å². The Labute approximate surface area is 120 Å². The van der Waals surface area contributed by atoms with Gasteiger partial charge in [0.1, 0.15) is 12.2 Å². The average Bonchev–Trinajstić information content (AvgIpc) is 2.91. The van der Waals surface area contributed by atoms with E-state index in [9.17, 15) is 4.79 Å². The molecule has 1 saturated heterocycles. The van der Waals surface area contributed by atoms with Gasteiger partial charge in [0.2, 0.25) is 5.91 Å². The van der Waals surface area contributed by atoms with Gasteiger partial charge in [0.25, 0.3) is 0 Å². The molecule has 1 aromatic heterocycles. The van der Waals surface area contributed by atoms with Gasteiger partial charge in [0, 0.05) is 26.1 Å². The SMILES string of the molecule is CC[C@H](C)[C@H](N)C(=O)N1CCCC(c2nncn2C)C1. The van der Waals surface area contributed by atoms with Gasteiger partial charge >= 0.3 is 0 Å². The number of rotatable bonds is 4. The third-order valence-electron chi connectivity index (χ3n) is 4.39. The van der Waals surface area contributed by atoms with Crippen LogP contribution in [0.4, 0.5) is 0 Å². The van der Waals surface area contributed by atoms with E-state index in [-0.39, 0.29) is 17.7 Å². The van der Waals surface area contributed by atoms with Crippen molar-refractivity contribution in [1.29, 1.82) is 0 Å². The zero-order valence-electron chi connectivity index (χ0n) is 12.6. The van der Waals surface area contributed by atoms with E-state index in [1.807, 2.05) is 23.4 Å². The van der Waals surface area contributed by atoms with Crippen LogP contribution >= 0.6 is 0 Å². The molecule has 1 unspecified atom stereocenters. The second kappa shape index (κ2) is 6.35. The maximum absolute atomic E-state index is 12.5. The van der Waals surface area contributed by atoms with Crippen LogP contribution in [0.5, 0.6) is 0 Å². The summed E-state index contributed by atoms with van der Waals surface area (Å²) in [4.78, 5) is 14.4. The van der Waals surface area contributed by atoms with E-state index < -0.39 is 6.04 Å². The standard InChI is InChI=1S/C14H25N5O/c1-4-10(2)12(15)14(20)19-7-5-6-11(8-19)13-17-16-9-18(13)3/h9-12H,4-8,15H2,1-3H3/t10-,11?,12-/m0/s1. The number of nitrogens with two attached hydrogens (primary N) is 1. The molecule has 20 heavy (non-hydrogen) atoms. The molecule has 1 aromatic rings. The number of carbonyl (C=O) groups is 1. The first-order valence-electron chi connectivity index (χ1n) is 7.42. The van der Waals surface area contributed by atoms with Crippen LogP contribution in [-0.2, 0) is 11.8 Å². The van der Waals surface area contributed by atoms with Gasteiger partial charge in [-0.3, -0.25) is 4.79 Å². The van der Waals surface area contributed by atoms with Crippen molar-refractivity contribution in [2.24, 2.45) is 18.7 Å². The number of amides is 1. The summed E-state index contributed by atoms with van der Waals surface area (Å²) in [5.74, 6) is 1.52. The second-order valence-electron chi connectivity index (χ2n) is 5.83. The van der Waals surface area contributed by atoms with Crippen molar-refractivity contribution >= 4 is 5.91 Å². The third kappa shape index (κ3) is 3.00. The van der Waals surface area contributed by atoms with Gasteiger partial charge in [-0.2, -0.15) is 0 Å². The molecule has 0 spiro atoms. The van der Waals surface area contributed by atoms with Gasteiger partial charge in [0.15, 0.2) is 0 Å². The minimum atomic E-state index is -0.391. The van der Waals surface area contributed by atoms with Crippen molar-refractivity contribution in [3.63, 3.8) is 0 Å². The largest absolute Gasteiger partial charge is 0.341 e. The van der Waals surface area contributed by atoms with Crippen LogP contribution in [-0.4, -0.2) is 44.7 Å². The molecule has 0 saturated carbocycles. The number of nitrogens with zero attached hydrogens (tertiary/aromatic N) is 4. The zero-order valence-corrected chi connectivity index (χ0v) is 12.6. The first-order chi connectivity index (χ1) is 9.54. The van der Waals surface area contributed by atoms with Crippen LogP contribution in [0, 0.1) is 5.92 Å². The fraction of sp³-hybridized carbons (Fsp3) is 0.786. The van der Waals surface area contributed by atoms with Crippen LogP contribution in [0.1, 0.15) is 44.9 Å². The van der Waals surface area contributed by atoms with E-state index >= 15 is 0 Å².